The fourth-order valence-electron chi connectivity index (χ4n) is 3.40. The summed E-state index contributed by atoms with van der Waals surface area (Å²) in [4.78, 5) is 14.2. The van der Waals surface area contributed by atoms with Crippen molar-refractivity contribution in [2.24, 2.45) is 0 Å². The van der Waals surface area contributed by atoms with E-state index in [1.54, 1.807) is 22.7 Å². The van der Waals surface area contributed by atoms with Gasteiger partial charge in [-0.25, -0.2) is 0 Å². The van der Waals surface area contributed by atoms with Crippen LogP contribution in [0.2, 0.25) is 0 Å². The minimum absolute atomic E-state index is 0.0201. The molecule has 0 bridgehead atoms. The molecule has 24 heavy (non-hydrogen) atoms. The van der Waals surface area contributed by atoms with Gasteiger partial charge in [-0.3, -0.25) is 4.79 Å². The van der Waals surface area contributed by atoms with Crippen molar-refractivity contribution in [2.75, 3.05) is 19.8 Å². The molecule has 0 radical (unpaired) electrons. The van der Waals surface area contributed by atoms with Gasteiger partial charge in [0.1, 0.15) is 6.10 Å². The monoisotopic (exact) mass is 365 g/mol. The molecule has 4 nitrogen and oxygen atoms in total. The van der Waals surface area contributed by atoms with Crippen LogP contribution in [0.3, 0.4) is 0 Å². The van der Waals surface area contributed by atoms with E-state index >= 15 is 0 Å². The predicted molar refractivity (Wildman–Crippen MR) is 97.6 cm³/mol. The summed E-state index contributed by atoms with van der Waals surface area (Å²) in [6, 6.07) is 6.10. The Morgan fingerprint density at radius 3 is 2.79 bits per heavy atom. The molecule has 1 saturated carbocycles. The maximum atomic E-state index is 13.0. The molecule has 1 aliphatic rings. The highest BCUT2D eigenvalue weighted by Gasteiger charge is 2.43. The van der Waals surface area contributed by atoms with Gasteiger partial charge in [0, 0.05) is 11.4 Å². The first-order chi connectivity index (χ1) is 11.8. The Morgan fingerprint density at radius 1 is 1.33 bits per heavy atom. The summed E-state index contributed by atoms with van der Waals surface area (Å²) in [7, 11) is 0. The van der Waals surface area contributed by atoms with Gasteiger partial charge in [0.15, 0.2) is 0 Å². The number of thiophene rings is 2. The van der Waals surface area contributed by atoms with Crippen molar-refractivity contribution in [3.63, 3.8) is 0 Å². The summed E-state index contributed by atoms with van der Waals surface area (Å²) in [5.41, 5.74) is 0.676. The zero-order chi connectivity index (χ0) is 16.8. The van der Waals surface area contributed by atoms with Gasteiger partial charge in [-0.2, -0.15) is 11.3 Å². The van der Waals surface area contributed by atoms with Crippen molar-refractivity contribution >= 4 is 28.6 Å². The topological polar surface area (TPSA) is 58.6 Å². The number of hydrogen-bond donors (Lipinski definition) is 2. The summed E-state index contributed by atoms with van der Waals surface area (Å²) in [5.74, 6) is 0.107. The second kappa shape index (κ2) is 8.25. The van der Waals surface area contributed by atoms with E-state index in [9.17, 15) is 4.79 Å². The van der Waals surface area contributed by atoms with E-state index in [-0.39, 0.29) is 30.6 Å². The molecule has 0 saturated heterocycles. The number of nitrogens with one attached hydrogen (secondary N) is 1. The molecule has 2 N–H and O–H groups in total. The molecule has 0 aliphatic heterocycles. The molecular weight excluding hydrogens is 342 g/mol. The fraction of sp³-hybridized carbons (Fsp3) is 0.500. The molecule has 2 aromatic heterocycles. The Morgan fingerprint density at radius 2 is 2.17 bits per heavy atom. The molecule has 1 atom stereocenters. The average Bonchev–Trinajstić information content (AvgIpc) is 3.35. The number of rotatable bonds is 8. The van der Waals surface area contributed by atoms with Crippen molar-refractivity contribution in [1.82, 2.24) is 5.32 Å². The second-order valence-corrected chi connectivity index (χ2v) is 7.84. The molecule has 1 fully saturated rings. The SMILES string of the molecule is O=C(NC[C@@H](OCCO)c1ccsc1)C1(c2cccs2)CCCC1. The van der Waals surface area contributed by atoms with Gasteiger partial charge in [0.2, 0.25) is 5.91 Å². The fourth-order valence-corrected chi connectivity index (χ4v) is 5.08. The van der Waals surface area contributed by atoms with Crippen molar-refractivity contribution in [2.45, 2.75) is 37.2 Å². The number of carbonyl (C=O) groups excluding carboxylic acids is 1. The lowest BCUT2D eigenvalue weighted by Crippen LogP contribution is -2.43. The van der Waals surface area contributed by atoms with Gasteiger partial charge in [-0.1, -0.05) is 18.9 Å². The van der Waals surface area contributed by atoms with E-state index < -0.39 is 0 Å². The van der Waals surface area contributed by atoms with E-state index in [4.69, 9.17) is 9.84 Å². The number of ether oxygens (including phenoxy) is 1. The Kier molecular flexibility index (Phi) is 6.05. The highest BCUT2D eigenvalue weighted by Crippen LogP contribution is 2.43. The lowest BCUT2D eigenvalue weighted by Gasteiger charge is -2.28. The predicted octanol–water partition coefficient (Wildman–Crippen LogP) is 3.49. The van der Waals surface area contributed by atoms with Gasteiger partial charge in [0.05, 0.1) is 18.6 Å². The quantitative estimate of drug-likeness (QED) is 0.753. The summed E-state index contributed by atoms with van der Waals surface area (Å²) in [6.45, 7) is 0.683. The zero-order valence-electron chi connectivity index (χ0n) is 13.6. The van der Waals surface area contributed by atoms with Crippen LogP contribution < -0.4 is 5.32 Å². The molecule has 6 heteroatoms. The van der Waals surface area contributed by atoms with Gasteiger partial charge < -0.3 is 15.2 Å². The molecule has 0 aromatic carbocycles. The van der Waals surface area contributed by atoms with E-state index in [2.05, 4.69) is 11.4 Å². The van der Waals surface area contributed by atoms with Crippen LogP contribution in [-0.2, 0) is 14.9 Å². The average molecular weight is 366 g/mol. The van der Waals surface area contributed by atoms with E-state index in [1.165, 1.54) is 4.88 Å². The van der Waals surface area contributed by atoms with Crippen LogP contribution in [0, 0.1) is 0 Å². The van der Waals surface area contributed by atoms with Gasteiger partial charge in [0.25, 0.3) is 0 Å². The summed E-state index contributed by atoms with van der Waals surface area (Å²) < 4.78 is 5.72. The maximum Gasteiger partial charge on any atom is 0.231 e. The standard InChI is InChI=1S/C18H23NO3S2/c20-8-9-22-15(14-5-11-23-13-14)12-19-17(21)18(6-1-2-7-18)16-4-3-10-24-16/h3-5,10-11,13,15,20H,1-2,6-9,12H2,(H,19,21)/t15-/m1/s1. The molecule has 2 heterocycles. The summed E-state index contributed by atoms with van der Waals surface area (Å²) >= 11 is 3.27. The Hall–Kier alpha value is -1.21. The molecule has 130 valence electrons. The number of aliphatic hydroxyl groups excluding tert-OH is 1. The molecule has 0 unspecified atom stereocenters. The molecule has 1 aliphatic carbocycles. The van der Waals surface area contributed by atoms with Crippen molar-refractivity contribution in [3.8, 4) is 0 Å². The van der Waals surface area contributed by atoms with E-state index in [0.717, 1.165) is 31.2 Å². The third kappa shape index (κ3) is 3.72. The molecule has 3 rings (SSSR count). The number of carbonyl (C=O) groups is 1. The number of hydrogen-bond acceptors (Lipinski definition) is 5. The number of amides is 1. The zero-order valence-corrected chi connectivity index (χ0v) is 15.2. The second-order valence-electron chi connectivity index (χ2n) is 6.12. The van der Waals surface area contributed by atoms with Gasteiger partial charge >= 0.3 is 0 Å². The lowest BCUT2D eigenvalue weighted by atomic mass is 9.83. The summed E-state index contributed by atoms with van der Waals surface area (Å²) in [5, 5.41) is 18.2. The normalized spacial score (nSPS) is 17.7. The van der Waals surface area contributed by atoms with Crippen LogP contribution in [0.15, 0.2) is 34.3 Å². The van der Waals surface area contributed by atoms with Crippen LogP contribution in [0.25, 0.3) is 0 Å². The minimum Gasteiger partial charge on any atom is -0.394 e. The highest BCUT2D eigenvalue weighted by molar-refractivity contribution is 7.10. The molecular formula is C18H23NO3S2. The van der Waals surface area contributed by atoms with Gasteiger partial charge in [-0.05, 0) is 46.7 Å². The van der Waals surface area contributed by atoms with E-state index in [1.807, 2.05) is 28.3 Å². The van der Waals surface area contributed by atoms with Gasteiger partial charge in [-0.15, -0.1) is 11.3 Å². The third-order valence-corrected chi connectivity index (χ3v) is 6.43. The first kappa shape index (κ1) is 17.6. The molecule has 1 amide bonds. The van der Waals surface area contributed by atoms with Crippen molar-refractivity contribution < 1.29 is 14.6 Å². The maximum absolute atomic E-state index is 13.0. The van der Waals surface area contributed by atoms with Crippen molar-refractivity contribution in [3.05, 3.63) is 44.8 Å². The third-order valence-electron chi connectivity index (χ3n) is 4.66. The smallest absolute Gasteiger partial charge is 0.231 e. The first-order valence-electron chi connectivity index (χ1n) is 8.33. The molecule has 0 spiro atoms. The Labute approximate surface area is 150 Å². The largest absolute Gasteiger partial charge is 0.394 e. The van der Waals surface area contributed by atoms with Crippen LogP contribution in [-0.4, -0.2) is 30.8 Å². The molecule has 2 aromatic rings. The van der Waals surface area contributed by atoms with E-state index in [0.29, 0.717) is 6.54 Å². The number of aliphatic hydroxyl groups is 1. The Balaban J connectivity index is 1.68. The van der Waals surface area contributed by atoms with Crippen LogP contribution >= 0.6 is 22.7 Å². The lowest BCUT2D eigenvalue weighted by molar-refractivity contribution is -0.127. The van der Waals surface area contributed by atoms with Crippen LogP contribution in [0.5, 0.6) is 0 Å². The highest BCUT2D eigenvalue weighted by atomic mass is 32.1. The van der Waals surface area contributed by atoms with Crippen molar-refractivity contribution in [1.29, 1.82) is 0 Å². The minimum atomic E-state index is -0.371. The Bertz CT molecular complexity index is 619. The summed E-state index contributed by atoms with van der Waals surface area (Å²) in [6.07, 6.45) is 3.81. The van der Waals surface area contributed by atoms with Crippen LogP contribution in [0.1, 0.15) is 42.2 Å². The van der Waals surface area contributed by atoms with Crippen LogP contribution in [0.4, 0.5) is 0 Å². The first-order valence-corrected chi connectivity index (χ1v) is 10.2.